The van der Waals surface area contributed by atoms with Gasteiger partial charge in [-0.15, -0.1) is 0 Å². The molecule has 0 aliphatic heterocycles. The van der Waals surface area contributed by atoms with Crippen LogP contribution < -0.4 is 4.74 Å². The molecule has 0 bridgehead atoms. The first-order valence-corrected chi connectivity index (χ1v) is 4.84. The number of ether oxygens (including phenoxy) is 1. The zero-order valence-electron chi connectivity index (χ0n) is 8.84. The topological polar surface area (TPSA) is 45.9 Å². The Morgan fingerprint density at radius 3 is 2.50 bits per heavy atom. The van der Waals surface area contributed by atoms with E-state index in [9.17, 15) is 0 Å². The number of pyridine rings is 1. The average molecular weight is 210 g/mol. The summed E-state index contributed by atoms with van der Waals surface area (Å²) in [6.07, 6.45) is 1.70. The smallest absolute Gasteiger partial charge is 0.213 e. The van der Waals surface area contributed by atoms with E-state index in [2.05, 4.69) is 11.1 Å². The van der Waals surface area contributed by atoms with E-state index in [1.165, 1.54) is 0 Å². The predicted molar refractivity (Wildman–Crippen MR) is 60.9 cm³/mol. The molecule has 2 aromatic rings. The van der Waals surface area contributed by atoms with E-state index in [1.54, 1.807) is 25.4 Å². The van der Waals surface area contributed by atoms with E-state index < -0.39 is 0 Å². The maximum absolute atomic E-state index is 8.70. The number of nitrogens with zero attached hydrogens (tertiary/aromatic N) is 2. The number of benzene rings is 1. The molecule has 0 radical (unpaired) electrons. The Morgan fingerprint density at radius 1 is 1.12 bits per heavy atom. The first-order chi connectivity index (χ1) is 7.83. The molecule has 0 fully saturated rings. The average Bonchev–Trinajstić information content (AvgIpc) is 2.39. The minimum atomic E-state index is 0.585. The summed E-state index contributed by atoms with van der Waals surface area (Å²) in [5.74, 6) is 0.585. The second-order valence-electron chi connectivity index (χ2n) is 3.28. The summed E-state index contributed by atoms with van der Waals surface area (Å²) in [6.45, 7) is 0. The highest BCUT2D eigenvalue weighted by atomic mass is 16.5. The summed E-state index contributed by atoms with van der Waals surface area (Å²) >= 11 is 0. The predicted octanol–water partition coefficient (Wildman–Crippen LogP) is 2.63. The van der Waals surface area contributed by atoms with Crippen LogP contribution in [0.5, 0.6) is 5.88 Å². The summed E-state index contributed by atoms with van der Waals surface area (Å²) in [6, 6.07) is 13.3. The van der Waals surface area contributed by atoms with Crippen molar-refractivity contribution in [1.29, 1.82) is 5.26 Å². The van der Waals surface area contributed by atoms with E-state index in [0.29, 0.717) is 11.4 Å². The molecule has 3 heteroatoms. The van der Waals surface area contributed by atoms with E-state index in [0.717, 1.165) is 11.1 Å². The molecule has 0 N–H and O–H groups in total. The van der Waals surface area contributed by atoms with Gasteiger partial charge in [-0.1, -0.05) is 12.1 Å². The van der Waals surface area contributed by atoms with Gasteiger partial charge in [0.05, 0.1) is 18.7 Å². The number of hydrogen-bond acceptors (Lipinski definition) is 3. The summed E-state index contributed by atoms with van der Waals surface area (Å²) in [5, 5.41) is 8.70. The van der Waals surface area contributed by atoms with E-state index >= 15 is 0 Å². The molecular weight excluding hydrogens is 200 g/mol. The minimum absolute atomic E-state index is 0.585. The third kappa shape index (κ3) is 2.01. The molecular formula is C13H10N2O. The van der Waals surface area contributed by atoms with Crippen LogP contribution in [0.25, 0.3) is 11.1 Å². The van der Waals surface area contributed by atoms with Crippen molar-refractivity contribution in [3.63, 3.8) is 0 Å². The number of rotatable bonds is 2. The minimum Gasteiger partial charge on any atom is -0.481 e. The van der Waals surface area contributed by atoms with Gasteiger partial charge in [-0.05, 0) is 29.3 Å². The molecule has 0 atom stereocenters. The lowest BCUT2D eigenvalue weighted by molar-refractivity contribution is 0.398. The van der Waals surface area contributed by atoms with Gasteiger partial charge in [0.2, 0.25) is 5.88 Å². The lowest BCUT2D eigenvalue weighted by Crippen LogP contribution is -1.87. The Bertz CT molecular complexity index is 526. The van der Waals surface area contributed by atoms with Gasteiger partial charge in [0.15, 0.2) is 0 Å². The summed E-state index contributed by atoms with van der Waals surface area (Å²) < 4.78 is 5.06. The van der Waals surface area contributed by atoms with Crippen molar-refractivity contribution in [3.8, 4) is 23.1 Å². The second kappa shape index (κ2) is 4.45. The molecule has 0 saturated heterocycles. The van der Waals surface area contributed by atoms with Gasteiger partial charge in [0, 0.05) is 12.3 Å². The van der Waals surface area contributed by atoms with Crippen molar-refractivity contribution >= 4 is 0 Å². The lowest BCUT2D eigenvalue weighted by atomic mass is 10.1. The highest BCUT2D eigenvalue weighted by Gasteiger charge is 2.00. The van der Waals surface area contributed by atoms with Crippen LogP contribution in [0.2, 0.25) is 0 Å². The highest BCUT2D eigenvalue weighted by molar-refractivity contribution is 5.64. The van der Waals surface area contributed by atoms with Gasteiger partial charge in [-0.25, -0.2) is 4.98 Å². The Balaban J connectivity index is 2.39. The number of hydrogen-bond donors (Lipinski definition) is 0. The second-order valence-corrected chi connectivity index (χ2v) is 3.28. The van der Waals surface area contributed by atoms with Crippen LogP contribution in [0.4, 0.5) is 0 Å². The van der Waals surface area contributed by atoms with Crippen LogP contribution in [0.3, 0.4) is 0 Å². The fourth-order valence-corrected chi connectivity index (χ4v) is 1.44. The van der Waals surface area contributed by atoms with Crippen molar-refractivity contribution < 1.29 is 4.74 Å². The monoisotopic (exact) mass is 210 g/mol. The molecule has 1 aromatic heterocycles. The largest absolute Gasteiger partial charge is 0.481 e. The third-order valence-electron chi connectivity index (χ3n) is 2.29. The van der Waals surface area contributed by atoms with Crippen LogP contribution in [-0.4, -0.2) is 12.1 Å². The van der Waals surface area contributed by atoms with Gasteiger partial charge in [0.1, 0.15) is 0 Å². The molecule has 0 unspecified atom stereocenters. The molecule has 78 valence electrons. The van der Waals surface area contributed by atoms with Gasteiger partial charge < -0.3 is 4.74 Å². The molecule has 1 aromatic carbocycles. The molecule has 0 amide bonds. The maximum Gasteiger partial charge on any atom is 0.213 e. The van der Waals surface area contributed by atoms with Gasteiger partial charge >= 0.3 is 0 Å². The summed E-state index contributed by atoms with van der Waals surface area (Å²) in [7, 11) is 1.59. The van der Waals surface area contributed by atoms with Crippen molar-refractivity contribution in [2.45, 2.75) is 0 Å². The summed E-state index contributed by atoms with van der Waals surface area (Å²) in [5.41, 5.74) is 2.72. The standard InChI is InChI=1S/C13H10N2O/c1-16-13-8-12(6-7-15-13)11-4-2-10(9-14)3-5-11/h2-8H,1H3. The van der Waals surface area contributed by atoms with Crippen LogP contribution in [0.1, 0.15) is 5.56 Å². The molecule has 2 rings (SSSR count). The first-order valence-electron chi connectivity index (χ1n) is 4.84. The third-order valence-corrected chi connectivity index (χ3v) is 2.29. The van der Waals surface area contributed by atoms with E-state index in [4.69, 9.17) is 10.00 Å². The van der Waals surface area contributed by atoms with Crippen molar-refractivity contribution in [2.24, 2.45) is 0 Å². The van der Waals surface area contributed by atoms with Crippen LogP contribution >= 0.6 is 0 Å². The van der Waals surface area contributed by atoms with Crippen molar-refractivity contribution in [3.05, 3.63) is 48.2 Å². The lowest BCUT2D eigenvalue weighted by Gasteiger charge is -2.03. The fourth-order valence-electron chi connectivity index (χ4n) is 1.44. The highest BCUT2D eigenvalue weighted by Crippen LogP contribution is 2.22. The SMILES string of the molecule is COc1cc(-c2ccc(C#N)cc2)ccn1. The van der Waals surface area contributed by atoms with Crippen LogP contribution in [-0.2, 0) is 0 Å². The Morgan fingerprint density at radius 2 is 1.88 bits per heavy atom. The fraction of sp³-hybridized carbons (Fsp3) is 0.0769. The van der Waals surface area contributed by atoms with Gasteiger partial charge in [-0.2, -0.15) is 5.26 Å². The van der Waals surface area contributed by atoms with Gasteiger partial charge in [0.25, 0.3) is 0 Å². The molecule has 0 aliphatic rings. The number of nitriles is 1. The Labute approximate surface area is 93.9 Å². The molecule has 3 nitrogen and oxygen atoms in total. The molecule has 0 saturated carbocycles. The zero-order chi connectivity index (χ0) is 11.4. The normalized spacial score (nSPS) is 9.50. The number of methoxy groups -OCH3 is 1. The van der Waals surface area contributed by atoms with Crippen LogP contribution in [0.15, 0.2) is 42.6 Å². The van der Waals surface area contributed by atoms with Crippen molar-refractivity contribution in [2.75, 3.05) is 7.11 Å². The van der Waals surface area contributed by atoms with Gasteiger partial charge in [-0.3, -0.25) is 0 Å². The first kappa shape index (κ1) is 10.2. The van der Waals surface area contributed by atoms with Crippen LogP contribution in [0, 0.1) is 11.3 Å². The molecule has 0 aliphatic carbocycles. The van der Waals surface area contributed by atoms with E-state index in [1.807, 2.05) is 24.3 Å². The number of aromatic nitrogens is 1. The summed E-state index contributed by atoms with van der Waals surface area (Å²) in [4.78, 5) is 4.04. The molecule has 16 heavy (non-hydrogen) atoms. The quantitative estimate of drug-likeness (QED) is 0.765. The van der Waals surface area contributed by atoms with Crippen molar-refractivity contribution in [1.82, 2.24) is 4.98 Å². The molecule has 1 heterocycles. The Kier molecular flexibility index (Phi) is 2.84. The zero-order valence-corrected chi connectivity index (χ0v) is 8.84. The Hall–Kier alpha value is -2.34. The molecule has 0 spiro atoms. The maximum atomic E-state index is 8.70. The van der Waals surface area contributed by atoms with E-state index in [-0.39, 0.29) is 0 Å².